The van der Waals surface area contributed by atoms with Gasteiger partial charge in [-0.05, 0) is 25.7 Å². The maximum absolute atomic E-state index is 5.06. The van der Waals surface area contributed by atoms with Crippen LogP contribution in [-0.2, 0) is 6.42 Å². The molecule has 1 fully saturated rings. The molecule has 0 radical (unpaired) electrons. The minimum atomic E-state index is 0.516. The van der Waals surface area contributed by atoms with Crippen LogP contribution >= 0.6 is 0 Å². The molecule has 0 aliphatic carbocycles. The average molecular weight is 302 g/mol. The highest BCUT2D eigenvalue weighted by atomic mass is 16.5. The number of anilines is 2. The Morgan fingerprint density at radius 3 is 3.00 bits per heavy atom. The standard InChI is InChI=1S/C15H22N6O/c1-3-16-14-15(18-7-6-17-14)21-8-4-5-12(10-21)9-13-19-11(2)22-20-13/h6-7,12H,3-5,8-10H2,1-2H3,(H,16,17). The van der Waals surface area contributed by atoms with Crippen LogP contribution in [-0.4, -0.2) is 39.7 Å². The van der Waals surface area contributed by atoms with Gasteiger partial charge < -0.3 is 14.7 Å². The lowest BCUT2D eigenvalue weighted by Gasteiger charge is -2.33. The number of nitrogens with zero attached hydrogens (tertiary/aromatic N) is 5. The van der Waals surface area contributed by atoms with Gasteiger partial charge in [-0.3, -0.25) is 0 Å². The van der Waals surface area contributed by atoms with E-state index in [1.54, 1.807) is 12.4 Å². The molecule has 3 heterocycles. The molecule has 0 bridgehead atoms. The molecule has 1 N–H and O–H groups in total. The molecule has 0 spiro atoms. The Labute approximate surface area is 130 Å². The van der Waals surface area contributed by atoms with Crippen molar-refractivity contribution >= 4 is 11.6 Å². The van der Waals surface area contributed by atoms with Gasteiger partial charge in [0.05, 0.1) is 0 Å². The van der Waals surface area contributed by atoms with E-state index in [0.29, 0.717) is 11.8 Å². The van der Waals surface area contributed by atoms with Crippen molar-refractivity contribution in [3.8, 4) is 0 Å². The number of rotatable bonds is 5. The molecule has 7 heteroatoms. The number of aryl methyl sites for hydroxylation is 1. The average Bonchev–Trinajstić information content (AvgIpc) is 2.93. The molecular formula is C15H22N6O. The van der Waals surface area contributed by atoms with Crippen molar-refractivity contribution in [2.75, 3.05) is 29.9 Å². The number of nitrogens with one attached hydrogen (secondary N) is 1. The second-order valence-electron chi connectivity index (χ2n) is 5.65. The smallest absolute Gasteiger partial charge is 0.223 e. The molecule has 1 saturated heterocycles. The summed E-state index contributed by atoms with van der Waals surface area (Å²) < 4.78 is 5.06. The topological polar surface area (TPSA) is 80.0 Å². The van der Waals surface area contributed by atoms with Gasteiger partial charge in [0, 0.05) is 45.4 Å². The first-order valence-electron chi connectivity index (χ1n) is 7.85. The summed E-state index contributed by atoms with van der Waals surface area (Å²) in [5, 5.41) is 7.30. The van der Waals surface area contributed by atoms with Crippen LogP contribution in [0.3, 0.4) is 0 Å². The van der Waals surface area contributed by atoms with Crippen LogP contribution in [0.1, 0.15) is 31.5 Å². The lowest BCUT2D eigenvalue weighted by atomic mass is 9.94. The van der Waals surface area contributed by atoms with E-state index >= 15 is 0 Å². The van der Waals surface area contributed by atoms with Gasteiger partial charge in [0.15, 0.2) is 17.5 Å². The molecule has 7 nitrogen and oxygen atoms in total. The summed E-state index contributed by atoms with van der Waals surface area (Å²) in [5.74, 6) is 3.75. The molecule has 0 saturated carbocycles. The molecule has 3 rings (SSSR count). The van der Waals surface area contributed by atoms with Crippen LogP contribution in [0.25, 0.3) is 0 Å². The SMILES string of the molecule is CCNc1nccnc1N1CCCC(Cc2noc(C)n2)C1. The van der Waals surface area contributed by atoms with Gasteiger partial charge in [0.1, 0.15) is 0 Å². The highest BCUT2D eigenvalue weighted by Crippen LogP contribution is 2.27. The molecule has 2 aromatic rings. The minimum absolute atomic E-state index is 0.516. The van der Waals surface area contributed by atoms with Crippen molar-refractivity contribution in [3.05, 3.63) is 24.1 Å². The van der Waals surface area contributed by atoms with E-state index in [4.69, 9.17) is 4.52 Å². The summed E-state index contributed by atoms with van der Waals surface area (Å²) in [5.41, 5.74) is 0. The van der Waals surface area contributed by atoms with E-state index in [1.807, 2.05) is 6.92 Å². The Morgan fingerprint density at radius 2 is 2.23 bits per heavy atom. The molecule has 1 aliphatic rings. The fourth-order valence-electron chi connectivity index (χ4n) is 2.96. The zero-order valence-electron chi connectivity index (χ0n) is 13.1. The minimum Gasteiger partial charge on any atom is -0.367 e. The molecular weight excluding hydrogens is 280 g/mol. The summed E-state index contributed by atoms with van der Waals surface area (Å²) in [6.07, 6.45) is 6.66. The van der Waals surface area contributed by atoms with Gasteiger partial charge in [0.2, 0.25) is 5.89 Å². The first-order valence-corrected chi connectivity index (χ1v) is 7.85. The third-order valence-electron chi connectivity index (χ3n) is 3.88. The Kier molecular flexibility index (Phi) is 4.50. The van der Waals surface area contributed by atoms with Crippen LogP contribution in [0.2, 0.25) is 0 Å². The monoisotopic (exact) mass is 302 g/mol. The number of piperidine rings is 1. The lowest BCUT2D eigenvalue weighted by molar-refractivity contribution is 0.369. The largest absolute Gasteiger partial charge is 0.367 e. The molecule has 1 atom stereocenters. The second kappa shape index (κ2) is 6.72. The van der Waals surface area contributed by atoms with Gasteiger partial charge in [-0.15, -0.1) is 0 Å². The van der Waals surface area contributed by atoms with Crippen LogP contribution < -0.4 is 10.2 Å². The van der Waals surface area contributed by atoms with E-state index in [9.17, 15) is 0 Å². The van der Waals surface area contributed by atoms with Crippen LogP contribution in [0.4, 0.5) is 11.6 Å². The molecule has 0 aromatic carbocycles. The summed E-state index contributed by atoms with van der Waals surface area (Å²) in [6, 6.07) is 0. The van der Waals surface area contributed by atoms with Crippen LogP contribution in [0.15, 0.2) is 16.9 Å². The van der Waals surface area contributed by atoms with Crippen LogP contribution in [0, 0.1) is 12.8 Å². The Hall–Kier alpha value is -2.18. The van der Waals surface area contributed by atoms with E-state index < -0.39 is 0 Å². The molecule has 1 aliphatic heterocycles. The first-order chi connectivity index (χ1) is 10.8. The Bertz CT molecular complexity index is 614. The van der Waals surface area contributed by atoms with Crippen molar-refractivity contribution in [2.24, 2.45) is 5.92 Å². The van der Waals surface area contributed by atoms with Crippen molar-refractivity contribution in [1.29, 1.82) is 0 Å². The van der Waals surface area contributed by atoms with E-state index in [0.717, 1.165) is 49.9 Å². The molecule has 2 aromatic heterocycles. The summed E-state index contributed by atoms with van der Waals surface area (Å²) in [7, 11) is 0. The van der Waals surface area contributed by atoms with Gasteiger partial charge in [-0.1, -0.05) is 5.16 Å². The Morgan fingerprint density at radius 1 is 1.36 bits per heavy atom. The summed E-state index contributed by atoms with van der Waals surface area (Å²) >= 11 is 0. The van der Waals surface area contributed by atoms with E-state index in [1.165, 1.54) is 6.42 Å². The zero-order valence-corrected chi connectivity index (χ0v) is 13.1. The summed E-state index contributed by atoms with van der Waals surface area (Å²) in [6.45, 7) is 6.69. The van der Waals surface area contributed by atoms with Crippen LogP contribution in [0.5, 0.6) is 0 Å². The fraction of sp³-hybridized carbons (Fsp3) is 0.600. The Balaban J connectivity index is 1.70. The van der Waals surface area contributed by atoms with Crippen molar-refractivity contribution in [1.82, 2.24) is 20.1 Å². The van der Waals surface area contributed by atoms with Gasteiger partial charge in [0.25, 0.3) is 0 Å². The van der Waals surface area contributed by atoms with E-state index in [2.05, 4.69) is 37.2 Å². The van der Waals surface area contributed by atoms with E-state index in [-0.39, 0.29) is 0 Å². The van der Waals surface area contributed by atoms with Crippen molar-refractivity contribution in [2.45, 2.75) is 33.1 Å². The van der Waals surface area contributed by atoms with Gasteiger partial charge >= 0.3 is 0 Å². The van der Waals surface area contributed by atoms with Gasteiger partial charge in [-0.2, -0.15) is 4.98 Å². The predicted molar refractivity (Wildman–Crippen MR) is 83.9 cm³/mol. The lowest BCUT2D eigenvalue weighted by Crippen LogP contribution is -2.37. The second-order valence-corrected chi connectivity index (χ2v) is 5.65. The number of hydrogen-bond acceptors (Lipinski definition) is 7. The molecule has 22 heavy (non-hydrogen) atoms. The summed E-state index contributed by atoms with van der Waals surface area (Å²) in [4.78, 5) is 15.5. The first kappa shape index (κ1) is 14.7. The molecule has 118 valence electrons. The zero-order chi connectivity index (χ0) is 15.4. The van der Waals surface area contributed by atoms with Crippen molar-refractivity contribution < 1.29 is 4.52 Å². The molecule has 0 amide bonds. The number of hydrogen-bond donors (Lipinski definition) is 1. The van der Waals surface area contributed by atoms with Gasteiger partial charge in [-0.25, -0.2) is 9.97 Å². The third-order valence-corrected chi connectivity index (χ3v) is 3.88. The van der Waals surface area contributed by atoms with Crippen molar-refractivity contribution in [3.63, 3.8) is 0 Å². The predicted octanol–water partition coefficient (Wildman–Crippen LogP) is 2.06. The normalized spacial score (nSPS) is 18.5. The highest BCUT2D eigenvalue weighted by Gasteiger charge is 2.24. The third kappa shape index (κ3) is 3.35. The number of aromatic nitrogens is 4. The maximum atomic E-state index is 5.06. The highest BCUT2D eigenvalue weighted by molar-refractivity contribution is 5.60. The molecule has 1 unspecified atom stereocenters. The maximum Gasteiger partial charge on any atom is 0.223 e. The quantitative estimate of drug-likeness (QED) is 0.905. The fourth-order valence-corrected chi connectivity index (χ4v) is 2.96.